The van der Waals surface area contributed by atoms with Gasteiger partial charge in [0.2, 0.25) is 10.0 Å². The minimum atomic E-state index is -3.12. The molecule has 0 radical (unpaired) electrons. The van der Waals surface area contributed by atoms with E-state index in [1.54, 1.807) is 0 Å². The average molecular weight is 246 g/mol. The lowest BCUT2D eigenvalue weighted by Crippen LogP contribution is -2.24. The Balaban J connectivity index is 2.24. The van der Waals surface area contributed by atoms with E-state index in [2.05, 4.69) is 20.0 Å². The first-order chi connectivity index (χ1) is 7.47. The van der Waals surface area contributed by atoms with E-state index in [0.29, 0.717) is 25.3 Å². The van der Waals surface area contributed by atoms with Crippen LogP contribution in [0.3, 0.4) is 0 Å². The molecule has 0 saturated carbocycles. The number of rotatable bonds is 6. The van der Waals surface area contributed by atoms with Crippen LogP contribution in [0.4, 0.5) is 5.82 Å². The van der Waals surface area contributed by atoms with Gasteiger partial charge in [-0.05, 0) is 6.42 Å². The second-order valence-corrected chi connectivity index (χ2v) is 5.08. The van der Waals surface area contributed by atoms with Crippen LogP contribution in [0.2, 0.25) is 0 Å². The van der Waals surface area contributed by atoms with Crippen LogP contribution >= 0.6 is 0 Å². The van der Waals surface area contributed by atoms with Crippen molar-refractivity contribution in [3.8, 4) is 0 Å². The van der Waals surface area contributed by atoms with Gasteiger partial charge < -0.3 is 10.3 Å². The summed E-state index contributed by atoms with van der Waals surface area (Å²) < 4.78 is 23.8. The molecule has 0 atom stereocenters. The maximum absolute atomic E-state index is 10.9. The zero-order valence-electron chi connectivity index (χ0n) is 8.86. The third-order valence-electron chi connectivity index (χ3n) is 1.70. The molecule has 16 heavy (non-hydrogen) atoms. The lowest BCUT2D eigenvalue weighted by Gasteiger charge is -2.04. The molecule has 90 valence electrons. The number of anilines is 1. The van der Waals surface area contributed by atoms with Crippen LogP contribution in [0.1, 0.15) is 6.42 Å². The van der Waals surface area contributed by atoms with E-state index in [1.165, 1.54) is 12.4 Å². The van der Waals surface area contributed by atoms with Crippen molar-refractivity contribution in [2.75, 3.05) is 24.7 Å². The standard InChI is InChI=1S/C8H14N4O3S/c1-16(14,15)12-4-2-3-9-7-5-8(13)11-6-10-7/h5-6,12H,2-4H2,1H3,(H2,9,10,11,13). The van der Waals surface area contributed by atoms with Crippen molar-refractivity contribution in [1.82, 2.24) is 14.7 Å². The predicted octanol–water partition coefficient (Wildman–Crippen LogP) is -0.879. The van der Waals surface area contributed by atoms with Crippen molar-refractivity contribution >= 4 is 15.8 Å². The summed E-state index contributed by atoms with van der Waals surface area (Å²) in [6, 6.07) is 1.34. The molecule has 0 bridgehead atoms. The molecule has 1 aromatic rings. The van der Waals surface area contributed by atoms with Gasteiger partial charge in [0.05, 0.1) is 12.6 Å². The molecule has 0 amide bonds. The van der Waals surface area contributed by atoms with Gasteiger partial charge in [-0.2, -0.15) is 0 Å². The van der Waals surface area contributed by atoms with Gasteiger partial charge in [-0.1, -0.05) is 0 Å². The predicted molar refractivity (Wildman–Crippen MR) is 60.8 cm³/mol. The van der Waals surface area contributed by atoms with Crippen LogP contribution in [-0.4, -0.2) is 37.7 Å². The fourth-order valence-electron chi connectivity index (χ4n) is 1.03. The third-order valence-corrected chi connectivity index (χ3v) is 2.43. The maximum Gasteiger partial charge on any atom is 0.252 e. The highest BCUT2D eigenvalue weighted by molar-refractivity contribution is 7.88. The fraction of sp³-hybridized carbons (Fsp3) is 0.500. The van der Waals surface area contributed by atoms with Crippen molar-refractivity contribution in [3.63, 3.8) is 0 Å². The zero-order chi connectivity index (χ0) is 12.0. The average Bonchev–Trinajstić information content (AvgIpc) is 2.15. The van der Waals surface area contributed by atoms with E-state index >= 15 is 0 Å². The number of hydrogen-bond acceptors (Lipinski definition) is 5. The Morgan fingerprint density at radius 1 is 1.44 bits per heavy atom. The topological polar surface area (TPSA) is 104 Å². The molecule has 8 heteroatoms. The number of nitrogens with zero attached hydrogens (tertiary/aromatic N) is 1. The Morgan fingerprint density at radius 3 is 2.81 bits per heavy atom. The van der Waals surface area contributed by atoms with Crippen molar-refractivity contribution < 1.29 is 8.42 Å². The molecule has 0 spiro atoms. The molecule has 1 heterocycles. The summed E-state index contributed by atoms with van der Waals surface area (Å²) >= 11 is 0. The van der Waals surface area contributed by atoms with Gasteiger partial charge in [-0.25, -0.2) is 18.1 Å². The molecule has 0 aliphatic carbocycles. The lowest BCUT2D eigenvalue weighted by molar-refractivity contribution is 0.586. The normalized spacial score (nSPS) is 11.3. The molecule has 0 aromatic carbocycles. The SMILES string of the molecule is CS(=O)(=O)NCCCNc1cc(=O)[nH]cn1. The zero-order valence-corrected chi connectivity index (χ0v) is 9.67. The molecular weight excluding hydrogens is 232 g/mol. The quantitative estimate of drug-likeness (QED) is 0.565. The van der Waals surface area contributed by atoms with E-state index < -0.39 is 10.0 Å². The molecule has 0 aliphatic heterocycles. The van der Waals surface area contributed by atoms with Gasteiger partial charge in [0.25, 0.3) is 5.56 Å². The minimum Gasteiger partial charge on any atom is -0.370 e. The lowest BCUT2D eigenvalue weighted by atomic mass is 10.4. The first-order valence-corrected chi connectivity index (χ1v) is 6.60. The number of nitrogens with one attached hydrogen (secondary N) is 3. The Hall–Kier alpha value is -1.41. The van der Waals surface area contributed by atoms with E-state index in [1.807, 2.05) is 0 Å². The second kappa shape index (κ2) is 5.61. The summed E-state index contributed by atoms with van der Waals surface area (Å²) in [7, 11) is -3.12. The van der Waals surface area contributed by atoms with Crippen molar-refractivity contribution in [3.05, 3.63) is 22.7 Å². The van der Waals surface area contributed by atoms with Crippen LogP contribution < -0.4 is 15.6 Å². The smallest absolute Gasteiger partial charge is 0.252 e. The Labute approximate surface area is 93.4 Å². The van der Waals surface area contributed by atoms with Gasteiger partial charge in [0.15, 0.2) is 0 Å². The molecule has 7 nitrogen and oxygen atoms in total. The first-order valence-electron chi connectivity index (χ1n) is 4.70. The Morgan fingerprint density at radius 2 is 2.19 bits per heavy atom. The Kier molecular flexibility index (Phi) is 4.44. The highest BCUT2D eigenvalue weighted by Gasteiger charge is 1.98. The highest BCUT2D eigenvalue weighted by atomic mass is 32.2. The molecule has 0 fully saturated rings. The van der Waals surface area contributed by atoms with Crippen LogP contribution in [0, 0.1) is 0 Å². The Bertz CT molecular complexity index is 482. The number of aromatic nitrogens is 2. The molecular formula is C8H14N4O3S. The number of hydrogen-bond donors (Lipinski definition) is 3. The molecule has 0 saturated heterocycles. The summed E-state index contributed by atoms with van der Waals surface area (Å²) in [5, 5.41) is 2.91. The number of H-pyrrole nitrogens is 1. The van der Waals surface area contributed by atoms with Gasteiger partial charge in [-0.15, -0.1) is 0 Å². The van der Waals surface area contributed by atoms with Crippen molar-refractivity contribution in [2.24, 2.45) is 0 Å². The molecule has 1 aromatic heterocycles. The van der Waals surface area contributed by atoms with Crippen LogP contribution in [-0.2, 0) is 10.0 Å². The highest BCUT2D eigenvalue weighted by Crippen LogP contribution is 1.94. The molecule has 3 N–H and O–H groups in total. The minimum absolute atomic E-state index is 0.230. The largest absolute Gasteiger partial charge is 0.370 e. The first kappa shape index (κ1) is 12.7. The third kappa shape index (κ3) is 5.47. The van der Waals surface area contributed by atoms with E-state index in [0.717, 1.165) is 6.26 Å². The van der Waals surface area contributed by atoms with E-state index in [9.17, 15) is 13.2 Å². The van der Waals surface area contributed by atoms with Gasteiger partial charge >= 0.3 is 0 Å². The van der Waals surface area contributed by atoms with Crippen molar-refractivity contribution in [1.29, 1.82) is 0 Å². The van der Waals surface area contributed by atoms with Crippen LogP contribution in [0.5, 0.6) is 0 Å². The summed E-state index contributed by atoms with van der Waals surface area (Å²) in [5.41, 5.74) is -0.230. The van der Waals surface area contributed by atoms with E-state index in [-0.39, 0.29) is 5.56 Å². The summed E-state index contributed by atoms with van der Waals surface area (Å²) in [5.74, 6) is 0.475. The fourth-order valence-corrected chi connectivity index (χ4v) is 1.54. The van der Waals surface area contributed by atoms with Crippen molar-refractivity contribution in [2.45, 2.75) is 6.42 Å². The summed E-state index contributed by atoms with van der Waals surface area (Å²) in [6.45, 7) is 0.897. The molecule has 0 unspecified atom stereocenters. The maximum atomic E-state index is 10.9. The number of sulfonamides is 1. The molecule has 0 aliphatic rings. The number of aromatic amines is 1. The van der Waals surface area contributed by atoms with Crippen LogP contribution in [0.25, 0.3) is 0 Å². The van der Waals surface area contributed by atoms with Gasteiger partial charge in [-0.3, -0.25) is 4.79 Å². The second-order valence-electron chi connectivity index (χ2n) is 3.24. The molecule has 1 rings (SSSR count). The van der Waals surface area contributed by atoms with Crippen LogP contribution in [0.15, 0.2) is 17.2 Å². The summed E-state index contributed by atoms with van der Waals surface area (Å²) in [4.78, 5) is 17.2. The summed E-state index contributed by atoms with van der Waals surface area (Å²) in [6.07, 6.45) is 3.03. The van der Waals surface area contributed by atoms with E-state index in [4.69, 9.17) is 0 Å². The van der Waals surface area contributed by atoms with Gasteiger partial charge in [0.1, 0.15) is 5.82 Å². The van der Waals surface area contributed by atoms with Gasteiger partial charge in [0, 0.05) is 19.2 Å². The monoisotopic (exact) mass is 246 g/mol.